The maximum atomic E-state index is 13.6. The van der Waals surface area contributed by atoms with E-state index >= 15 is 0 Å². The van der Waals surface area contributed by atoms with Crippen molar-refractivity contribution in [3.05, 3.63) is 47.5 Å². The molecule has 0 aliphatic heterocycles. The van der Waals surface area contributed by atoms with Gasteiger partial charge in [0.1, 0.15) is 0 Å². The topological polar surface area (TPSA) is 60.5 Å². The van der Waals surface area contributed by atoms with Crippen LogP contribution in [0.3, 0.4) is 0 Å². The van der Waals surface area contributed by atoms with Crippen LogP contribution >= 0.6 is 0 Å². The SMILES string of the molecule is Cc1ncc(-c2ccc(F)c(OC(F)F)c2)cc1COCCCNC=O. The highest BCUT2D eigenvalue weighted by molar-refractivity contribution is 5.65. The Balaban J connectivity index is 2.09. The van der Waals surface area contributed by atoms with Crippen molar-refractivity contribution in [2.24, 2.45) is 0 Å². The van der Waals surface area contributed by atoms with E-state index in [2.05, 4.69) is 15.0 Å². The molecule has 140 valence electrons. The van der Waals surface area contributed by atoms with Gasteiger partial charge in [-0.2, -0.15) is 8.78 Å². The fourth-order valence-electron chi connectivity index (χ4n) is 2.27. The van der Waals surface area contributed by atoms with E-state index in [0.717, 1.165) is 17.3 Å². The van der Waals surface area contributed by atoms with Gasteiger partial charge in [-0.15, -0.1) is 0 Å². The molecular formula is C18H19F3N2O3. The minimum absolute atomic E-state index is 0.315. The average molecular weight is 368 g/mol. The van der Waals surface area contributed by atoms with Crippen LogP contribution < -0.4 is 10.1 Å². The van der Waals surface area contributed by atoms with Gasteiger partial charge in [0.25, 0.3) is 0 Å². The Morgan fingerprint density at radius 1 is 1.27 bits per heavy atom. The Labute approximate surface area is 149 Å². The van der Waals surface area contributed by atoms with Crippen molar-refractivity contribution in [1.82, 2.24) is 10.3 Å². The molecular weight excluding hydrogens is 349 g/mol. The van der Waals surface area contributed by atoms with Gasteiger partial charge in [-0.05, 0) is 42.7 Å². The van der Waals surface area contributed by atoms with E-state index in [9.17, 15) is 18.0 Å². The second-order valence-corrected chi connectivity index (χ2v) is 5.47. The molecule has 0 atom stereocenters. The Morgan fingerprint density at radius 3 is 2.81 bits per heavy atom. The van der Waals surface area contributed by atoms with Gasteiger partial charge >= 0.3 is 6.61 Å². The van der Waals surface area contributed by atoms with Crippen molar-refractivity contribution in [1.29, 1.82) is 0 Å². The molecule has 0 aliphatic rings. The maximum Gasteiger partial charge on any atom is 0.387 e. The molecule has 0 fully saturated rings. The summed E-state index contributed by atoms with van der Waals surface area (Å²) in [5, 5.41) is 2.54. The number of carbonyl (C=O) groups is 1. The Morgan fingerprint density at radius 2 is 2.08 bits per heavy atom. The molecule has 1 heterocycles. The molecule has 1 aromatic carbocycles. The number of hydrogen-bond acceptors (Lipinski definition) is 4. The number of carbonyl (C=O) groups excluding carboxylic acids is 1. The molecule has 0 saturated heterocycles. The average Bonchev–Trinajstić information content (AvgIpc) is 2.61. The number of halogens is 3. The second-order valence-electron chi connectivity index (χ2n) is 5.47. The molecule has 1 amide bonds. The number of aromatic nitrogens is 1. The molecule has 0 saturated carbocycles. The fraction of sp³-hybridized carbons (Fsp3) is 0.333. The molecule has 0 radical (unpaired) electrons. The van der Waals surface area contributed by atoms with E-state index in [-0.39, 0.29) is 0 Å². The van der Waals surface area contributed by atoms with Crippen molar-refractivity contribution < 1.29 is 27.4 Å². The van der Waals surface area contributed by atoms with Crippen molar-refractivity contribution in [2.45, 2.75) is 26.6 Å². The van der Waals surface area contributed by atoms with Crippen molar-refractivity contribution in [3.63, 3.8) is 0 Å². The summed E-state index contributed by atoms with van der Waals surface area (Å²) in [5.41, 5.74) is 2.74. The van der Waals surface area contributed by atoms with Crippen molar-refractivity contribution in [3.8, 4) is 16.9 Å². The fourth-order valence-corrected chi connectivity index (χ4v) is 2.27. The highest BCUT2D eigenvalue weighted by Gasteiger charge is 2.12. The number of benzene rings is 1. The van der Waals surface area contributed by atoms with Gasteiger partial charge in [0.05, 0.1) is 6.61 Å². The third-order valence-corrected chi connectivity index (χ3v) is 3.62. The number of alkyl halides is 2. The first-order chi connectivity index (χ1) is 12.5. The molecule has 2 aromatic rings. The molecule has 0 spiro atoms. The van der Waals surface area contributed by atoms with Crippen LogP contribution in [0.25, 0.3) is 11.1 Å². The van der Waals surface area contributed by atoms with Crippen molar-refractivity contribution >= 4 is 6.41 Å². The summed E-state index contributed by atoms with van der Waals surface area (Å²) in [5.74, 6) is -1.37. The number of ether oxygens (including phenoxy) is 2. The van der Waals surface area contributed by atoms with E-state index in [0.29, 0.717) is 43.7 Å². The van der Waals surface area contributed by atoms with Crippen LogP contribution in [0.2, 0.25) is 0 Å². The van der Waals surface area contributed by atoms with Gasteiger partial charge in [0.2, 0.25) is 6.41 Å². The molecule has 2 rings (SSSR count). The summed E-state index contributed by atoms with van der Waals surface area (Å²) in [7, 11) is 0. The third kappa shape index (κ3) is 5.73. The first-order valence-electron chi connectivity index (χ1n) is 7.96. The summed E-state index contributed by atoms with van der Waals surface area (Å²) in [6.07, 6.45) is 2.88. The van der Waals surface area contributed by atoms with E-state index in [1.54, 1.807) is 6.20 Å². The van der Waals surface area contributed by atoms with Crippen molar-refractivity contribution in [2.75, 3.05) is 13.2 Å². The van der Waals surface area contributed by atoms with E-state index < -0.39 is 18.2 Å². The minimum Gasteiger partial charge on any atom is -0.432 e. The molecule has 1 aromatic heterocycles. The molecule has 1 N–H and O–H groups in total. The molecule has 26 heavy (non-hydrogen) atoms. The lowest BCUT2D eigenvalue weighted by atomic mass is 10.0. The molecule has 5 nitrogen and oxygen atoms in total. The van der Waals surface area contributed by atoms with E-state index in [1.807, 2.05) is 13.0 Å². The third-order valence-electron chi connectivity index (χ3n) is 3.62. The molecule has 0 unspecified atom stereocenters. The Bertz CT molecular complexity index is 742. The zero-order valence-corrected chi connectivity index (χ0v) is 14.2. The van der Waals surface area contributed by atoms with Crippen LogP contribution in [0.4, 0.5) is 13.2 Å². The molecule has 0 bridgehead atoms. The van der Waals surface area contributed by atoms with Gasteiger partial charge in [-0.1, -0.05) is 6.07 Å². The van der Waals surface area contributed by atoms with Crippen LogP contribution in [0, 0.1) is 12.7 Å². The van der Waals surface area contributed by atoms with Gasteiger partial charge < -0.3 is 14.8 Å². The van der Waals surface area contributed by atoms with Gasteiger partial charge in [-0.25, -0.2) is 4.39 Å². The lowest BCUT2D eigenvalue weighted by Crippen LogP contribution is -2.14. The summed E-state index contributed by atoms with van der Waals surface area (Å²) >= 11 is 0. The lowest BCUT2D eigenvalue weighted by Gasteiger charge is -2.11. The van der Waals surface area contributed by atoms with Crippen LogP contribution in [0.1, 0.15) is 17.7 Å². The summed E-state index contributed by atoms with van der Waals surface area (Å²) in [4.78, 5) is 14.4. The highest BCUT2D eigenvalue weighted by Crippen LogP contribution is 2.28. The van der Waals surface area contributed by atoms with E-state index in [1.165, 1.54) is 12.1 Å². The predicted molar refractivity (Wildman–Crippen MR) is 89.3 cm³/mol. The van der Waals surface area contributed by atoms with Gasteiger partial charge in [0, 0.05) is 30.6 Å². The number of amides is 1. The standard InChI is InChI=1S/C18H19F3N2O3/c1-12-15(10-25-6-2-5-22-11-24)7-14(9-23-12)13-3-4-16(19)17(8-13)26-18(20)21/h3-4,7-9,11,18H,2,5-6,10H2,1H3,(H,22,24). The van der Waals surface area contributed by atoms with Crippen LogP contribution in [0.5, 0.6) is 5.75 Å². The monoisotopic (exact) mass is 368 g/mol. The smallest absolute Gasteiger partial charge is 0.387 e. The normalized spacial score (nSPS) is 10.8. The number of rotatable bonds is 10. The van der Waals surface area contributed by atoms with Crippen LogP contribution in [-0.4, -0.2) is 31.2 Å². The van der Waals surface area contributed by atoms with Crippen LogP contribution in [0.15, 0.2) is 30.5 Å². The molecule has 8 heteroatoms. The quantitative estimate of drug-likeness (QED) is 0.515. The number of nitrogens with zero attached hydrogens (tertiary/aromatic N) is 1. The number of pyridine rings is 1. The minimum atomic E-state index is -3.10. The van der Waals surface area contributed by atoms with E-state index in [4.69, 9.17) is 4.74 Å². The first kappa shape index (κ1) is 19.7. The Hall–Kier alpha value is -2.61. The van der Waals surface area contributed by atoms with Gasteiger partial charge in [0.15, 0.2) is 11.6 Å². The lowest BCUT2D eigenvalue weighted by molar-refractivity contribution is -0.109. The Kier molecular flexibility index (Phi) is 7.40. The summed E-state index contributed by atoms with van der Waals surface area (Å²) in [6.45, 7) is 0.0342. The maximum absolute atomic E-state index is 13.6. The highest BCUT2D eigenvalue weighted by atomic mass is 19.3. The second kappa shape index (κ2) is 9.76. The van der Waals surface area contributed by atoms with Crippen LogP contribution in [-0.2, 0) is 16.1 Å². The zero-order chi connectivity index (χ0) is 18.9. The summed E-state index contributed by atoms with van der Waals surface area (Å²) < 4.78 is 48.0. The predicted octanol–water partition coefficient (Wildman–Crippen LogP) is 3.45. The number of aryl methyl sites for hydroxylation is 1. The first-order valence-corrected chi connectivity index (χ1v) is 7.96. The number of nitrogens with one attached hydrogen (secondary N) is 1. The zero-order valence-electron chi connectivity index (χ0n) is 14.2. The molecule has 0 aliphatic carbocycles. The largest absolute Gasteiger partial charge is 0.432 e. The summed E-state index contributed by atoms with van der Waals surface area (Å²) in [6, 6.07) is 5.56. The van der Waals surface area contributed by atoms with Gasteiger partial charge in [-0.3, -0.25) is 9.78 Å². The number of hydrogen-bond donors (Lipinski definition) is 1.